The highest BCUT2D eigenvalue weighted by atomic mass is 15.0. The van der Waals surface area contributed by atoms with Gasteiger partial charge in [0, 0.05) is 36.2 Å². The highest BCUT2D eigenvalue weighted by Crippen LogP contribution is 2.23. The van der Waals surface area contributed by atoms with Gasteiger partial charge in [0.2, 0.25) is 0 Å². The summed E-state index contributed by atoms with van der Waals surface area (Å²) in [4.78, 5) is 0. The predicted octanol–water partition coefficient (Wildman–Crippen LogP) is 5.57. The molecule has 0 fully saturated rings. The van der Waals surface area contributed by atoms with Gasteiger partial charge in [-0.05, 0) is 39.7 Å². The molecule has 114 valence electrons. The molecule has 0 aliphatic rings. The summed E-state index contributed by atoms with van der Waals surface area (Å²) in [7, 11) is 0. The Kier molecular flexibility index (Phi) is 2.83. The van der Waals surface area contributed by atoms with Crippen LogP contribution < -0.4 is 0 Å². The Hall–Kier alpha value is -3.26. The Morgan fingerprint density at radius 1 is 0.417 bits per heavy atom. The number of benzene rings is 3. The number of fused-ring (bicyclic) bond motifs is 2. The zero-order valence-electron chi connectivity index (χ0n) is 13.1. The Balaban J connectivity index is 1.62. The molecule has 24 heavy (non-hydrogen) atoms. The van der Waals surface area contributed by atoms with E-state index in [0.717, 1.165) is 0 Å². The molecule has 0 radical (unpaired) electrons. The first-order chi connectivity index (χ1) is 11.9. The lowest BCUT2D eigenvalue weighted by Crippen LogP contribution is -1.94. The summed E-state index contributed by atoms with van der Waals surface area (Å²) in [5.74, 6) is 0. The topological polar surface area (TPSA) is 9.86 Å². The molecule has 0 aliphatic heterocycles. The van der Waals surface area contributed by atoms with Crippen LogP contribution in [0.2, 0.25) is 0 Å². The van der Waals surface area contributed by atoms with Crippen molar-refractivity contribution >= 4 is 21.5 Å². The minimum absolute atomic E-state index is 1.17. The lowest BCUT2D eigenvalue weighted by atomic mass is 10.2. The van der Waals surface area contributed by atoms with Gasteiger partial charge in [-0.15, -0.1) is 0 Å². The van der Waals surface area contributed by atoms with Crippen molar-refractivity contribution in [2.45, 2.75) is 0 Å². The van der Waals surface area contributed by atoms with E-state index in [1.54, 1.807) is 0 Å². The normalized spacial score (nSPS) is 11.3. The van der Waals surface area contributed by atoms with Gasteiger partial charge in [0.25, 0.3) is 0 Å². The largest absolute Gasteiger partial charge is 0.323 e. The second kappa shape index (κ2) is 5.14. The third-order valence-electron chi connectivity index (χ3n) is 4.53. The number of rotatable bonds is 2. The van der Waals surface area contributed by atoms with Gasteiger partial charge in [0.05, 0.1) is 0 Å². The molecule has 2 nitrogen and oxygen atoms in total. The zero-order valence-corrected chi connectivity index (χ0v) is 13.1. The van der Waals surface area contributed by atoms with Crippen molar-refractivity contribution in [3.63, 3.8) is 0 Å². The second-order valence-electron chi connectivity index (χ2n) is 6.11. The van der Waals surface area contributed by atoms with Crippen LogP contribution in [-0.4, -0.2) is 9.13 Å². The smallest absolute Gasteiger partial charge is 0.0470 e. The van der Waals surface area contributed by atoms with Crippen LogP contribution in [-0.2, 0) is 0 Å². The average molecular weight is 308 g/mol. The summed E-state index contributed by atoms with van der Waals surface area (Å²) in [6.07, 6.45) is 8.72. The Labute approximate surface area is 140 Å². The molecule has 0 saturated carbocycles. The summed E-state index contributed by atoms with van der Waals surface area (Å²) in [5.41, 5.74) is 2.34. The molecule has 0 spiro atoms. The Morgan fingerprint density at radius 3 is 1.17 bits per heavy atom. The maximum Gasteiger partial charge on any atom is 0.0470 e. The van der Waals surface area contributed by atoms with Crippen LogP contribution >= 0.6 is 0 Å². The van der Waals surface area contributed by atoms with E-state index in [4.69, 9.17) is 0 Å². The number of nitrogens with zero attached hydrogens (tertiary/aromatic N) is 2. The van der Waals surface area contributed by atoms with Crippen molar-refractivity contribution in [3.05, 3.63) is 97.6 Å². The van der Waals surface area contributed by atoms with E-state index in [2.05, 4.69) is 107 Å². The van der Waals surface area contributed by atoms with Gasteiger partial charge < -0.3 is 9.13 Å². The molecule has 3 aromatic carbocycles. The van der Waals surface area contributed by atoms with E-state index in [9.17, 15) is 0 Å². The van der Waals surface area contributed by atoms with E-state index in [-0.39, 0.29) is 0 Å². The van der Waals surface area contributed by atoms with Gasteiger partial charge >= 0.3 is 0 Å². The first-order valence-corrected chi connectivity index (χ1v) is 8.11. The molecule has 0 saturated heterocycles. The van der Waals surface area contributed by atoms with Crippen molar-refractivity contribution < 1.29 is 0 Å². The minimum Gasteiger partial charge on any atom is -0.323 e. The van der Waals surface area contributed by atoms with Gasteiger partial charge in [-0.3, -0.25) is 0 Å². The third-order valence-corrected chi connectivity index (χ3v) is 4.53. The molecule has 0 amide bonds. The average Bonchev–Trinajstić information content (AvgIpc) is 3.26. The van der Waals surface area contributed by atoms with Gasteiger partial charge in [0.15, 0.2) is 0 Å². The molecular weight excluding hydrogens is 292 g/mol. The zero-order chi connectivity index (χ0) is 15.9. The summed E-state index contributed by atoms with van der Waals surface area (Å²) >= 11 is 0. The molecule has 2 heteroatoms. The van der Waals surface area contributed by atoms with Crippen molar-refractivity contribution in [1.82, 2.24) is 9.13 Å². The van der Waals surface area contributed by atoms with Crippen LogP contribution in [0.25, 0.3) is 32.9 Å². The third kappa shape index (κ3) is 2.12. The van der Waals surface area contributed by atoms with Crippen LogP contribution in [0.1, 0.15) is 0 Å². The van der Waals surface area contributed by atoms with Crippen LogP contribution in [0.4, 0.5) is 0 Å². The summed E-state index contributed by atoms with van der Waals surface area (Å²) in [6.45, 7) is 0. The molecule has 0 aliphatic carbocycles. The maximum atomic E-state index is 2.22. The van der Waals surface area contributed by atoms with Crippen molar-refractivity contribution in [3.8, 4) is 11.4 Å². The molecule has 0 N–H and O–H groups in total. The molecule has 5 rings (SSSR count). The van der Waals surface area contributed by atoms with E-state index in [0.29, 0.717) is 0 Å². The lowest BCUT2D eigenvalue weighted by Gasteiger charge is -2.07. The number of hydrogen-bond acceptors (Lipinski definition) is 0. The van der Waals surface area contributed by atoms with Gasteiger partial charge in [-0.1, -0.05) is 54.6 Å². The monoisotopic (exact) mass is 308 g/mol. The van der Waals surface area contributed by atoms with Gasteiger partial charge in [0.1, 0.15) is 0 Å². The van der Waals surface area contributed by atoms with Crippen LogP contribution in [0.3, 0.4) is 0 Å². The van der Waals surface area contributed by atoms with Gasteiger partial charge in [-0.25, -0.2) is 0 Å². The number of aromatic nitrogens is 2. The van der Waals surface area contributed by atoms with E-state index < -0.39 is 0 Å². The Bertz CT molecular complexity index is 1010. The quantitative estimate of drug-likeness (QED) is 0.403. The maximum absolute atomic E-state index is 2.22. The minimum atomic E-state index is 1.17. The fourth-order valence-corrected chi connectivity index (χ4v) is 3.28. The van der Waals surface area contributed by atoms with Crippen LogP contribution in [0.5, 0.6) is 0 Å². The van der Waals surface area contributed by atoms with Crippen molar-refractivity contribution in [2.75, 3.05) is 0 Å². The molecule has 0 bridgehead atoms. The van der Waals surface area contributed by atoms with Gasteiger partial charge in [-0.2, -0.15) is 0 Å². The summed E-state index contributed by atoms with van der Waals surface area (Å²) < 4.78 is 4.38. The molecular formula is C22H16N2. The highest BCUT2D eigenvalue weighted by molar-refractivity contribution is 5.84. The standard InChI is InChI=1S/C22H16N2/c1-2-7-18-14-23(13-17(18)6-1)21-10-5-11-22(12-21)24-15-19-8-3-4-9-20(19)16-24/h1-16H. The molecule has 2 heterocycles. The van der Waals surface area contributed by atoms with E-state index in [1.165, 1.54) is 32.9 Å². The van der Waals surface area contributed by atoms with Crippen molar-refractivity contribution in [1.29, 1.82) is 0 Å². The summed E-state index contributed by atoms with van der Waals surface area (Å²) in [5, 5.41) is 5.04. The number of hydrogen-bond donors (Lipinski definition) is 0. The molecule has 2 aromatic heterocycles. The van der Waals surface area contributed by atoms with Crippen LogP contribution in [0, 0.1) is 0 Å². The molecule has 5 aromatic rings. The van der Waals surface area contributed by atoms with E-state index >= 15 is 0 Å². The first kappa shape index (κ1) is 13.2. The molecule has 0 unspecified atom stereocenters. The molecule has 0 atom stereocenters. The van der Waals surface area contributed by atoms with Crippen molar-refractivity contribution in [2.24, 2.45) is 0 Å². The fraction of sp³-hybridized carbons (Fsp3) is 0. The second-order valence-corrected chi connectivity index (χ2v) is 6.11. The highest BCUT2D eigenvalue weighted by Gasteiger charge is 2.04. The van der Waals surface area contributed by atoms with E-state index in [1.807, 2.05) is 0 Å². The predicted molar refractivity (Wildman–Crippen MR) is 100 cm³/mol. The summed E-state index contributed by atoms with van der Waals surface area (Å²) in [6, 6.07) is 25.5. The fourth-order valence-electron chi connectivity index (χ4n) is 3.28. The Morgan fingerprint density at radius 2 is 0.792 bits per heavy atom. The SMILES string of the molecule is c1cc(-n2cc3ccccc3c2)cc(-n2cc3ccccc3c2)c1. The lowest BCUT2D eigenvalue weighted by molar-refractivity contribution is 1.05. The van der Waals surface area contributed by atoms with Crippen LogP contribution in [0.15, 0.2) is 97.6 Å². The first-order valence-electron chi connectivity index (χ1n) is 8.11.